The first kappa shape index (κ1) is 13.6. The zero-order valence-corrected chi connectivity index (χ0v) is 11.5. The molecule has 1 aromatic heterocycles. The van der Waals surface area contributed by atoms with Gasteiger partial charge in [-0.15, -0.1) is 0 Å². The van der Waals surface area contributed by atoms with E-state index in [0.29, 0.717) is 12.0 Å². The summed E-state index contributed by atoms with van der Waals surface area (Å²) in [5.74, 6) is 0.633. The monoisotopic (exact) mass is 251 g/mol. The Balaban J connectivity index is 1.71. The molecule has 0 aliphatic heterocycles. The van der Waals surface area contributed by atoms with E-state index in [1.54, 1.807) is 0 Å². The summed E-state index contributed by atoms with van der Waals surface area (Å²) in [6.45, 7) is 6.14. The number of aliphatic hydroxyl groups is 1. The molecule has 1 aromatic rings. The minimum atomic E-state index is -0.0748. The van der Waals surface area contributed by atoms with E-state index in [-0.39, 0.29) is 6.10 Å². The van der Waals surface area contributed by atoms with Crippen LogP contribution in [0.15, 0.2) is 12.4 Å². The maximum Gasteiger partial charge on any atom is 0.0543 e. The van der Waals surface area contributed by atoms with Gasteiger partial charge in [0.25, 0.3) is 0 Å². The molecule has 2 rings (SSSR count). The predicted molar refractivity (Wildman–Crippen MR) is 72.3 cm³/mol. The van der Waals surface area contributed by atoms with Crippen LogP contribution in [0, 0.1) is 5.92 Å². The van der Waals surface area contributed by atoms with Crippen molar-refractivity contribution in [3.8, 4) is 0 Å². The van der Waals surface area contributed by atoms with Crippen LogP contribution in [-0.4, -0.2) is 27.5 Å². The Bertz CT molecular complexity index is 362. The second-order valence-electron chi connectivity index (χ2n) is 5.74. The smallest absolute Gasteiger partial charge is 0.0543 e. The van der Waals surface area contributed by atoms with Gasteiger partial charge in [0.15, 0.2) is 0 Å². The molecule has 1 saturated carbocycles. The minimum Gasteiger partial charge on any atom is -0.393 e. The zero-order chi connectivity index (χ0) is 13.0. The van der Waals surface area contributed by atoms with Crippen LogP contribution in [0.25, 0.3) is 0 Å². The molecule has 0 amide bonds. The van der Waals surface area contributed by atoms with Crippen molar-refractivity contribution in [3.05, 3.63) is 18.0 Å². The second kappa shape index (κ2) is 6.34. The molecular weight excluding hydrogens is 226 g/mol. The molecule has 1 aliphatic carbocycles. The molecule has 1 fully saturated rings. The third kappa shape index (κ3) is 3.82. The number of nitrogens with one attached hydrogen (secondary N) is 1. The van der Waals surface area contributed by atoms with Crippen LogP contribution >= 0.6 is 0 Å². The van der Waals surface area contributed by atoms with Gasteiger partial charge in [0.1, 0.15) is 0 Å². The van der Waals surface area contributed by atoms with Crippen LogP contribution in [0.2, 0.25) is 0 Å². The molecule has 4 nitrogen and oxygen atoms in total. The van der Waals surface area contributed by atoms with Gasteiger partial charge in [-0.25, -0.2) is 0 Å². The number of aromatic nitrogens is 2. The van der Waals surface area contributed by atoms with Crippen molar-refractivity contribution in [2.45, 2.75) is 58.2 Å². The van der Waals surface area contributed by atoms with Crippen molar-refractivity contribution >= 4 is 0 Å². The van der Waals surface area contributed by atoms with Crippen LogP contribution in [0.1, 0.15) is 51.1 Å². The maximum atomic E-state index is 9.62. The molecule has 18 heavy (non-hydrogen) atoms. The zero-order valence-electron chi connectivity index (χ0n) is 11.5. The standard InChI is InChI=1S/C14H25N3O/c1-11(2)17-10-13(9-16-17)8-15-7-12-4-3-5-14(18)6-12/h9-12,14-15,18H,3-8H2,1-2H3. The number of rotatable bonds is 5. The van der Waals surface area contributed by atoms with Gasteiger partial charge in [-0.2, -0.15) is 5.10 Å². The molecule has 0 bridgehead atoms. The molecule has 102 valence electrons. The summed E-state index contributed by atoms with van der Waals surface area (Å²) in [6.07, 6.45) is 8.31. The van der Waals surface area contributed by atoms with Gasteiger partial charge in [-0.3, -0.25) is 4.68 Å². The molecule has 2 atom stereocenters. The summed E-state index contributed by atoms with van der Waals surface area (Å²) >= 11 is 0. The molecular formula is C14H25N3O. The first-order valence-electron chi connectivity index (χ1n) is 7.07. The van der Waals surface area contributed by atoms with E-state index in [1.165, 1.54) is 18.4 Å². The molecule has 0 aromatic carbocycles. The van der Waals surface area contributed by atoms with Gasteiger partial charge in [-0.1, -0.05) is 6.42 Å². The number of hydrogen-bond acceptors (Lipinski definition) is 3. The van der Waals surface area contributed by atoms with Gasteiger partial charge >= 0.3 is 0 Å². The lowest BCUT2D eigenvalue weighted by Crippen LogP contribution is -2.28. The van der Waals surface area contributed by atoms with Crippen LogP contribution in [0.4, 0.5) is 0 Å². The highest BCUT2D eigenvalue weighted by Crippen LogP contribution is 2.23. The fourth-order valence-electron chi connectivity index (χ4n) is 2.62. The van der Waals surface area contributed by atoms with Crippen LogP contribution in [0.5, 0.6) is 0 Å². The van der Waals surface area contributed by atoms with E-state index < -0.39 is 0 Å². The molecule has 2 N–H and O–H groups in total. The molecule has 4 heteroatoms. The summed E-state index contributed by atoms with van der Waals surface area (Å²) in [5, 5.41) is 17.4. The van der Waals surface area contributed by atoms with Crippen molar-refractivity contribution in [2.75, 3.05) is 6.54 Å². The summed E-state index contributed by atoms with van der Waals surface area (Å²) < 4.78 is 1.99. The summed E-state index contributed by atoms with van der Waals surface area (Å²) in [6, 6.07) is 0.423. The first-order chi connectivity index (χ1) is 8.65. The Morgan fingerprint density at radius 3 is 3.00 bits per heavy atom. The predicted octanol–water partition coefficient (Wildman–Crippen LogP) is 2.10. The van der Waals surface area contributed by atoms with Gasteiger partial charge in [0.2, 0.25) is 0 Å². The fraction of sp³-hybridized carbons (Fsp3) is 0.786. The molecule has 0 radical (unpaired) electrons. The third-order valence-corrected chi connectivity index (χ3v) is 3.70. The maximum absolute atomic E-state index is 9.62. The molecule has 2 unspecified atom stereocenters. The van der Waals surface area contributed by atoms with Gasteiger partial charge in [-0.05, 0) is 45.6 Å². The van der Waals surface area contributed by atoms with E-state index in [9.17, 15) is 5.11 Å². The lowest BCUT2D eigenvalue weighted by Gasteiger charge is -2.25. The third-order valence-electron chi connectivity index (χ3n) is 3.70. The quantitative estimate of drug-likeness (QED) is 0.842. The fourth-order valence-corrected chi connectivity index (χ4v) is 2.62. The number of nitrogens with zero attached hydrogens (tertiary/aromatic N) is 2. The van der Waals surface area contributed by atoms with Crippen LogP contribution < -0.4 is 5.32 Å². The average molecular weight is 251 g/mol. The molecule has 0 saturated heterocycles. The molecule has 0 spiro atoms. The highest BCUT2D eigenvalue weighted by molar-refractivity contribution is 5.03. The Kier molecular flexibility index (Phi) is 4.78. The molecule has 1 aliphatic rings. The van der Waals surface area contributed by atoms with Crippen molar-refractivity contribution in [2.24, 2.45) is 5.92 Å². The SMILES string of the molecule is CC(C)n1cc(CNCC2CCCC(O)C2)cn1. The Labute approximate surface area is 109 Å². The minimum absolute atomic E-state index is 0.0748. The van der Waals surface area contributed by atoms with Gasteiger partial charge < -0.3 is 10.4 Å². The lowest BCUT2D eigenvalue weighted by atomic mass is 9.87. The second-order valence-corrected chi connectivity index (χ2v) is 5.74. The van der Waals surface area contributed by atoms with Crippen molar-refractivity contribution in [1.29, 1.82) is 0 Å². The number of aliphatic hydroxyl groups excluding tert-OH is 1. The number of hydrogen-bond donors (Lipinski definition) is 2. The van der Waals surface area contributed by atoms with Crippen molar-refractivity contribution in [1.82, 2.24) is 15.1 Å². The van der Waals surface area contributed by atoms with Crippen LogP contribution in [0.3, 0.4) is 0 Å². The van der Waals surface area contributed by atoms with E-state index in [1.807, 2.05) is 10.9 Å². The Morgan fingerprint density at radius 2 is 2.33 bits per heavy atom. The summed E-state index contributed by atoms with van der Waals surface area (Å²) in [7, 11) is 0. The van der Waals surface area contributed by atoms with Crippen molar-refractivity contribution < 1.29 is 5.11 Å². The van der Waals surface area contributed by atoms with Crippen LogP contribution in [-0.2, 0) is 6.54 Å². The largest absolute Gasteiger partial charge is 0.393 e. The van der Waals surface area contributed by atoms with E-state index in [0.717, 1.165) is 25.9 Å². The highest BCUT2D eigenvalue weighted by atomic mass is 16.3. The van der Waals surface area contributed by atoms with E-state index in [4.69, 9.17) is 0 Å². The Hall–Kier alpha value is -0.870. The average Bonchev–Trinajstić information content (AvgIpc) is 2.78. The molecule has 1 heterocycles. The Morgan fingerprint density at radius 1 is 1.50 bits per heavy atom. The van der Waals surface area contributed by atoms with Crippen molar-refractivity contribution in [3.63, 3.8) is 0 Å². The topological polar surface area (TPSA) is 50.1 Å². The van der Waals surface area contributed by atoms with Gasteiger partial charge in [0, 0.05) is 24.3 Å². The van der Waals surface area contributed by atoms with E-state index >= 15 is 0 Å². The van der Waals surface area contributed by atoms with E-state index in [2.05, 4.69) is 30.5 Å². The van der Waals surface area contributed by atoms with Gasteiger partial charge in [0.05, 0.1) is 12.3 Å². The highest BCUT2D eigenvalue weighted by Gasteiger charge is 2.19. The summed E-state index contributed by atoms with van der Waals surface area (Å²) in [4.78, 5) is 0. The lowest BCUT2D eigenvalue weighted by molar-refractivity contribution is 0.101. The summed E-state index contributed by atoms with van der Waals surface area (Å²) in [5.41, 5.74) is 1.24. The first-order valence-corrected chi connectivity index (χ1v) is 7.07. The normalized spacial score (nSPS) is 24.7.